The van der Waals surface area contributed by atoms with Crippen LogP contribution >= 0.6 is 0 Å². The molecule has 7 nitrogen and oxygen atoms in total. The van der Waals surface area contributed by atoms with E-state index < -0.39 is 0 Å². The Hall–Kier alpha value is -3.35. The van der Waals surface area contributed by atoms with Crippen molar-refractivity contribution in [1.82, 2.24) is 19.5 Å². The second-order valence-electron chi connectivity index (χ2n) is 5.12. The molecule has 3 rings (SSSR count). The van der Waals surface area contributed by atoms with Gasteiger partial charge in [-0.25, -0.2) is 9.97 Å². The fraction of sp³-hybridized carbons (Fsp3) is 0.118. The lowest BCUT2D eigenvalue weighted by molar-refractivity contribution is -0.116. The number of Topliss-reactive ketones (excluding diaryl/α,β-unsaturated/α-hetero) is 1. The second kappa shape index (κ2) is 6.82. The van der Waals surface area contributed by atoms with Gasteiger partial charge >= 0.3 is 0 Å². The van der Waals surface area contributed by atoms with Crippen LogP contribution in [0.4, 0.5) is 5.69 Å². The molecule has 0 aliphatic carbocycles. The van der Waals surface area contributed by atoms with E-state index in [4.69, 9.17) is 0 Å². The van der Waals surface area contributed by atoms with Gasteiger partial charge in [0.1, 0.15) is 12.2 Å². The van der Waals surface area contributed by atoms with Gasteiger partial charge in [0.05, 0.1) is 11.9 Å². The zero-order valence-electron chi connectivity index (χ0n) is 13.0. The Morgan fingerprint density at radius 2 is 1.96 bits per heavy atom. The van der Waals surface area contributed by atoms with Crippen LogP contribution in [0.2, 0.25) is 0 Å². The van der Waals surface area contributed by atoms with Crippen molar-refractivity contribution in [3.8, 4) is 11.5 Å². The van der Waals surface area contributed by atoms with Gasteiger partial charge in [-0.2, -0.15) is 0 Å². The summed E-state index contributed by atoms with van der Waals surface area (Å²) in [7, 11) is 0. The number of amides is 1. The number of rotatable bonds is 5. The van der Waals surface area contributed by atoms with E-state index in [9.17, 15) is 9.59 Å². The Balaban J connectivity index is 1.78. The second-order valence-corrected chi connectivity index (χ2v) is 5.12. The van der Waals surface area contributed by atoms with Crippen LogP contribution in [0.5, 0.6) is 0 Å². The van der Waals surface area contributed by atoms with Gasteiger partial charge in [-0.3, -0.25) is 14.6 Å². The largest absolute Gasteiger partial charge is 0.324 e. The SMILES string of the molecule is CC(=O)c1ccccc1NC(=O)Cn1ccnc1-c1cnccn1. The molecule has 3 aromatic rings. The third kappa shape index (κ3) is 3.35. The summed E-state index contributed by atoms with van der Waals surface area (Å²) >= 11 is 0. The van der Waals surface area contributed by atoms with Crippen LogP contribution in [-0.4, -0.2) is 31.2 Å². The summed E-state index contributed by atoms with van der Waals surface area (Å²) in [5.41, 5.74) is 1.56. The molecule has 0 unspecified atom stereocenters. The van der Waals surface area contributed by atoms with E-state index in [1.807, 2.05) is 0 Å². The molecule has 0 fully saturated rings. The average Bonchev–Trinajstić information content (AvgIpc) is 3.04. The minimum Gasteiger partial charge on any atom is -0.324 e. The molecule has 0 atom stereocenters. The number of ketones is 1. The maximum atomic E-state index is 12.3. The molecule has 24 heavy (non-hydrogen) atoms. The topological polar surface area (TPSA) is 89.8 Å². The van der Waals surface area contributed by atoms with Crippen molar-refractivity contribution in [3.05, 3.63) is 60.8 Å². The number of nitrogens with zero attached hydrogens (tertiary/aromatic N) is 4. The number of aromatic nitrogens is 4. The third-order valence-electron chi connectivity index (χ3n) is 3.40. The molecule has 1 amide bonds. The molecule has 1 aromatic carbocycles. The van der Waals surface area contributed by atoms with Crippen LogP contribution in [0, 0.1) is 0 Å². The summed E-state index contributed by atoms with van der Waals surface area (Å²) in [5.74, 6) is 0.193. The Morgan fingerprint density at radius 1 is 1.12 bits per heavy atom. The monoisotopic (exact) mass is 321 g/mol. The molecule has 0 saturated heterocycles. The maximum absolute atomic E-state index is 12.3. The normalized spacial score (nSPS) is 10.4. The van der Waals surface area contributed by atoms with E-state index in [1.165, 1.54) is 6.92 Å². The highest BCUT2D eigenvalue weighted by Crippen LogP contribution is 2.17. The Labute approximate surface area is 138 Å². The summed E-state index contributed by atoms with van der Waals surface area (Å²) in [6.07, 6.45) is 8.02. The van der Waals surface area contributed by atoms with Gasteiger partial charge in [0.2, 0.25) is 5.91 Å². The lowest BCUT2D eigenvalue weighted by Crippen LogP contribution is -2.20. The molecule has 1 N–H and O–H groups in total. The molecule has 2 heterocycles. The van der Waals surface area contributed by atoms with E-state index in [-0.39, 0.29) is 18.2 Å². The van der Waals surface area contributed by atoms with Crippen molar-refractivity contribution in [3.63, 3.8) is 0 Å². The van der Waals surface area contributed by atoms with Gasteiger partial charge < -0.3 is 9.88 Å². The molecule has 0 saturated carbocycles. The Kier molecular flexibility index (Phi) is 4.42. The number of anilines is 1. The minimum absolute atomic E-state index is 0.0537. The molecule has 0 spiro atoms. The number of para-hydroxylation sites is 1. The molecule has 0 radical (unpaired) electrons. The summed E-state index contributed by atoms with van der Waals surface area (Å²) in [6, 6.07) is 6.91. The van der Waals surface area contributed by atoms with Gasteiger partial charge in [0.25, 0.3) is 0 Å². The van der Waals surface area contributed by atoms with Crippen LogP contribution in [-0.2, 0) is 11.3 Å². The first-order chi connectivity index (χ1) is 11.6. The first-order valence-electron chi connectivity index (χ1n) is 7.32. The highest BCUT2D eigenvalue weighted by Gasteiger charge is 2.13. The summed E-state index contributed by atoms with van der Waals surface area (Å²) in [5, 5.41) is 2.76. The van der Waals surface area contributed by atoms with Gasteiger partial charge in [-0.1, -0.05) is 12.1 Å². The number of carbonyl (C=O) groups is 2. The highest BCUT2D eigenvalue weighted by atomic mass is 16.2. The van der Waals surface area contributed by atoms with E-state index >= 15 is 0 Å². The lowest BCUT2D eigenvalue weighted by Gasteiger charge is -2.10. The standard InChI is InChI=1S/C17H15N5O2/c1-12(23)13-4-2-3-5-14(13)21-16(24)11-22-9-8-20-17(22)15-10-18-6-7-19-15/h2-10H,11H2,1H3,(H,21,24). The fourth-order valence-electron chi connectivity index (χ4n) is 2.33. The number of benzene rings is 1. The first-order valence-corrected chi connectivity index (χ1v) is 7.32. The Bertz CT molecular complexity index is 873. The zero-order valence-corrected chi connectivity index (χ0v) is 13.0. The molecular weight excluding hydrogens is 306 g/mol. The third-order valence-corrected chi connectivity index (χ3v) is 3.40. The Morgan fingerprint density at radius 3 is 2.71 bits per heavy atom. The predicted molar refractivity (Wildman–Crippen MR) is 88.3 cm³/mol. The minimum atomic E-state index is -0.258. The molecule has 7 heteroatoms. The molecule has 0 aliphatic heterocycles. The number of imidazole rings is 1. The maximum Gasteiger partial charge on any atom is 0.244 e. The van der Waals surface area contributed by atoms with Crippen molar-refractivity contribution in [2.24, 2.45) is 0 Å². The number of nitrogens with one attached hydrogen (secondary N) is 1. The van der Waals surface area contributed by atoms with Crippen LogP contribution < -0.4 is 5.32 Å². The van der Waals surface area contributed by atoms with Crippen LogP contribution in [0.3, 0.4) is 0 Å². The van der Waals surface area contributed by atoms with Crippen molar-refractivity contribution in [1.29, 1.82) is 0 Å². The predicted octanol–water partition coefficient (Wildman–Crippen LogP) is 2.18. The average molecular weight is 321 g/mol. The molecule has 0 aliphatic rings. The van der Waals surface area contributed by atoms with Gasteiger partial charge in [0, 0.05) is 30.4 Å². The smallest absolute Gasteiger partial charge is 0.244 e. The number of hydrogen-bond acceptors (Lipinski definition) is 5. The van der Waals surface area contributed by atoms with Crippen molar-refractivity contribution in [2.75, 3.05) is 5.32 Å². The quantitative estimate of drug-likeness (QED) is 0.727. The fourth-order valence-corrected chi connectivity index (χ4v) is 2.33. The van der Waals surface area contributed by atoms with E-state index in [0.717, 1.165) is 0 Å². The van der Waals surface area contributed by atoms with E-state index in [2.05, 4.69) is 20.3 Å². The van der Waals surface area contributed by atoms with Crippen LogP contribution in [0.1, 0.15) is 17.3 Å². The first kappa shape index (κ1) is 15.5. The van der Waals surface area contributed by atoms with Crippen molar-refractivity contribution >= 4 is 17.4 Å². The molecule has 0 bridgehead atoms. The summed E-state index contributed by atoms with van der Waals surface area (Å²) in [6.45, 7) is 1.52. The zero-order chi connectivity index (χ0) is 16.9. The van der Waals surface area contributed by atoms with E-state index in [1.54, 1.807) is 59.8 Å². The van der Waals surface area contributed by atoms with Crippen molar-refractivity contribution < 1.29 is 9.59 Å². The molecular formula is C17H15N5O2. The highest BCUT2D eigenvalue weighted by molar-refractivity contribution is 6.03. The van der Waals surface area contributed by atoms with Gasteiger partial charge in [0.15, 0.2) is 11.6 Å². The van der Waals surface area contributed by atoms with Crippen molar-refractivity contribution in [2.45, 2.75) is 13.5 Å². The number of carbonyl (C=O) groups excluding carboxylic acids is 2. The van der Waals surface area contributed by atoms with Crippen LogP contribution in [0.15, 0.2) is 55.2 Å². The van der Waals surface area contributed by atoms with E-state index in [0.29, 0.717) is 22.8 Å². The van der Waals surface area contributed by atoms with Crippen LogP contribution in [0.25, 0.3) is 11.5 Å². The lowest BCUT2D eigenvalue weighted by atomic mass is 10.1. The molecule has 2 aromatic heterocycles. The van der Waals surface area contributed by atoms with Gasteiger partial charge in [-0.05, 0) is 19.1 Å². The summed E-state index contributed by atoms with van der Waals surface area (Å²) in [4.78, 5) is 36.4. The summed E-state index contributed by atoms with van der Waals surface area (Å²) < 4.78 is 1.68. The number of hydrogen-bond donors (Lipinski definition) is 1. The molecule has 120 valence electrons. The van der Waals surface area contributed by atoms with Gasteiger partial charge in [-0.15, -0.1) is 0 Å².